The third-order valence-corrected chi connectivity index (χ3v) is 5.26. The molecule has 2 heterocycles. The number of morpholine rings is 1. The minimum absolute atomic E-state index is 0.114. The van der Waals surface area contributed by atoms with E-state index in [9.17, 15) is 4.79 Å². The first-order chi connectivity index (χ1) is 11.1. The molecule has 0 bridgehead atoms. The molecule has 0 aromatic carbocycles. The molecule has 1 N–H and O–H groups in total. The molecule has 1 amide bonds. The van der Waals surface area contributed by atoms with Crippen LogP contribution in [0.15, 0.2) is 12.4 Å². The highest BCUT2D eigenvalue weighted by Crippen LogP contribution is 2.30. The molecular weight excluding hydrogens is 292 g/mol. The zero-order valence-electron chi connectivity index (χ0n) is 14.2. The Morgan fingerprint density at radius 3 is 2.83 bits per heavy atom. The fourth-order valence-electron chi connectivity index (χ4n) is 3.49. The molecule has 1 saturated heterocycles. The number of carbonyl (C=O) groups excluding carboxylic acids is 1. The first-order valence-corrected chi connectivity index (χ1v) is 8.76. The van der Waals surface area contributed by atoms with Crippen molar-refractivity contribution in [1.29, 1.82) is 0 Å². The van der Waals surface area contributed by atoms with E-state index >= 15 is 0 Å². The lowest BCUT2D eigenvalue weighted by molar-refractivity contribution is -0.136. The minimum Gasteiger partial charge on any atom is -0.380 e. The summed E-state index contributed by atoms with van der Waals surface area (Å²) in [5.74, 6) is 1.70. The summed E-state index contributed by atoms with van der Waals surface area (Å²) in [6.45, 7) is 7.62. The van der Waals surface area contributed by atoms with Gasteiger partial charge in [-0.3, -0.25) is 9.48 Å². The molecule has 6 heteroatoms. The van der Waals surface area contributed by atoms with Crippen molar-refractivity contribution >= 4 is 11.6 Å². The van der Waals surface area contributed by atoms with Gasteiger partial charge in [-0.15, -0.1) is 0 Å². The molecule has 0 radical (unpaired) electrons. The van der Waals surface area contributed by atoms with E-state index in [4.69, 9.17) is 4.74 Å². The maximum atomic E-state index is 12.2. The highest BCUT2D eigenvalue weighted by Gasteiger charge is 2.24. The van der Waals surface area contributed by atoms with Gasteiger partial charge in [0.15, 0.2) is 0 Å². The van der Waals surface area contributed by atoms with E-state index in [1.807, 2.05) is 17.3 Å². The molecule has 0 spiro atoms. The normalized spacial score (nSPS) is 28.6. The molecule has 1 aliphatic heterocycles. The van der Waals surface area contributed by atoms with Crippen LogP contribution >= 0.6 is 0 Å². The quantitative estimate of drug-likeness (QED) is 0.921. The van der Waals surface area contributed by atoms with Gasteiger partial charge in [-0.25, -0.2) is 0 Å². The Morgan fingerprint density at radius 1 is 1.30 bits per heavy atom. The van der Waals surface area contributed by atoms with Gasteiger partial charge in [0.2, 0.25) is 5.91 Å². The highest BCUT2D eigenvalue weighted by atomic mass is 16.5. The predicted octanol–water partition coefficient (Wildman–Crippen LogP) is 1.98. The lowest BCUT2D eigenvalue weighted by Gasteiger charge is -2.32. The van der Waals surface area contributed by atoms with Gasteiger partial charge in [0.1, 0.15) is 6.54 Å². The largest absolute Gasteiger partial charge is 0.380 e. The van der Waals surface area contributed by atoms with Gasteiger partial charge in [-0.2, -0.15) is 5.10 Å². The Bertz CT molecular complexity index is 524. The number of rotatable bonds is 4. The molecule has 3 atom stereocenters. The second-order valence-electron chi connectivity index (χ2n) is 7.03. The Morgan fingerprint density at radius 2 is 2.09 bits per heavy atom. The number of ether oxygens (including phenoxy) is 1. The zero-order chi connectivity index (χ0) is 16.2. The van der Waals surface area contributed by atoms with Crippen molar-refractivity contribution in [1.82, 2.24) is 14.7 Å². The van der Waals surface area contributed by atoms with Crippen LogP contribution in [0, 0.1) is 11.8 Å². The summed E-state index contributed by atoms with van der Waals surface area (Å²) in [6.07, 6.45) is 7.47. The number of aromatic nitrogens is 2. The van der Waals surface area contributed by atoms with Crippen molar-refractivity contribution in [3.05, 3.63) is 12.4 Å². The van der Waals surface area contributed by atoms with Gasteiger partial charge in [0, 0.05) is 25.3 Å². The van der Waals surface area contributed by atoms with E-state index in [0.717, 1.165) is 17.5 Å². The van der Waals surface area contributed by atoms with Crippen LogP contribution < -0.4 is 5.32 Å². The van der Waals surface area contributed by atoms with Crippen LogP contribution in [0.3, 0.4) is 0 Å². The Hall–Kier alpha value is -1.56. The first kappa shape index (κ1) is 16.3. The smallest absolute Gasteiger partial charge is 0.244 e. The second kappa shape index (κ2) is 7.34. The number of anilines is 1. The Labute approximate surface area is 138 Å². The summed E-state index contributed by atoms with van der Waals surface area (Å²) >= 11 is 0. The number of nitrogens with zero attached hydrogens (tertiary/aromatic N) is 3. The third kappa shape index (κ3) is 4.25. The number of hydrogen-bond donors (Lipinski definition) is 1. The number of nitrogens with one attached hydrogen (secondary N) is 1. The average Bonchev–Trinajstić information content (AvgIpc) is 2.99. The van der Waals surface area contributed by atoms with E-state index in [1.54, 1.807) is 4.68 Å². The molecule has 1 aliphatic carbocycles. The molecule has 1 aromatic rings. The van der Waals surface area contributed by atoms with E-state index in [1.165, 1.54) is 19.3 Å². The second-order valence-corrected chi connectivity index (χ2v) is 7.03. The van der Waals surface area contributed by atoms with Gasteiger partial charge in [-0.1, -0.05) is 13.8 Å². The highest BCUT2D eigenvalue weighted by molar-refractivity contribution is 5.76. The Balaban J connectivity index is 1.50. The fourth-order valence-corrected chi connectivity index (χ4v) is 3.49. The molecule has 3 rings (SSSR count). The maximum absolute atomic E-state index is 12.2. The molecule has 1 saturated carbocycles. The van der Waals surface area contributed by atoms with E-state index in [2.05, 4.69) is 24.3 Å². The summed E-state index contributed by atoms with van der Waals surface area (Å²) in [5, 5.41) is 7.90. The molecule has 2 fully saturated rings. The van der Waals surface area contributed by atoms with Gasteiger partial charge in [0.25, 0.3) is 0 Å². The monoisotopic (exact) mass is 320 g/mol. The maximum Gasteiger partial charge on any atom is 0.244 e. The van der Waals surface area contributed by atoms with Gasteiger partial charge in [-0.05, 0) is 31.1 Å². The molecule has 0 unspecified atom stereocenters. The van der Waals surface area contributed by atoms with Gasteiger partial charge in [0.05, 0.1) is 25.1 Å². The molecule has 128 valence electrons. The van der Waals surface area contributed by atoms with E-state index in [0.29, 0.717) is 38.9 Å². The predicted molar refractivity (Wildman–Crippen MR) is 89.2 cm³/mol. The van der Waals surface area contributed by atoms with Crippen LogP contribution in [-0.2, 0) is 16.1 Å². The topological polar surface area (TPSA) is 59.4 Å². The molecule has 2 aliphatic rings. The first-order valence-electron chi connectivity index (χ1n) is 8.76. The minimum atomic E-state index is 0.114. The third-order valence-electron chi connectivity index (χ3n) is 5.26. The lowest BCUT2D eigenvalue weighted by atomic mass is 9.79. The lowest BCUT2D eigenvalue weighted by Crippen LogP contribution is -2.42. The van der Waals surface area contributed by atoms with Crippen LogP contribution in [0.25, 0.3) is 0 Å². The SMILES string of the molecule is C[C@@H]1CC[C@H](Nc2cnn(CC(=O)N3CCOCC3)c2)C[C@@H]1C. The number of carbonyl (C=O) groups is 1. The zero-order valence-corrected chi connectivity index (χ0v) is 14.2. The van der Waals surface area contributed by atoms with Crippen molar-refractivity contribution in [2.24, 2.45) is 11.8 Å². The van der Waals surface area contributed by atoms with Gasteiger partial charge >= 0.3 is 0 Å². The van der Waals surface area contributed by atoms with Crippen molar-refractivity contribution < 1.29 is 9.53 Å². The summed E-state index contributed by atoms with van der Waals surface area (Å²) in [7, 11) is 0. The van der Waals surface area contributed by atoms with E-state index < -0.39 is 0 Å². The molecule has 1 aromatic heterocycles. The molecule has 6 nitrogen and oxygen atoms in total. The van der Waals surface area contributed by atoms with Crippen molar-refractivity contribution in [3.8, 4) is 0 Å². The van der Waals surface area contributed by atoms with E-state index in [-0.39, 0.29) is 5.91 Å². The fraction of sp³-hybridized carbons (Fsp3) is 0.765. The number of hydrogen-bond acceptors (Lipinski definition) is 4. The van der Waals surface area contributed by atoms with Crippen LogP contribution in [0.1, 0.15) is 33.1 Å². The molecular formula is C17H28N4O2. The summed E-state index contributed by atoms with van der Waals surface area (Å²) in [4.78, 5) is 14.1. The van der Waals surface area contributed by atoms with Gasteiger partial charge < -0.3 is 15.0 Å². The molecule has 23 heavy (non-hydrogen) atoms. The Kier molecular flexibility index (Phi) is 5.20. The summed E-state index contributed by atoms with van der Waals surface area (Å²) in [6, 6.07) is 0.522. The van der Waals surface area contributed by atoms with Crippen molar-refractivity contribution in [2.75, 3.05) is 31.6 Å². The summed E-state index contributed by atoms with van der Waals surface area (Å²) in [5.41, 5.74) is 1.02. The van der Waals surface area contributed by atoms with Crippen LogP contribution in [0.4, 0.5) is 5.69 Å². The van der Waals surface area contributed by atoms with Crippen LogP contribution in [-0.4, -0.2) is 52.9 Å². The van der Waals surface area contributed by atoms with Crippen LogP contribution in [0.2, 0.25) is 0 Å². The summed E-state index contributed by atoms with van der Waals surface area (Å²) < 4.78 is 7.01. The van der Waals surface area contributed by atoms with Crippen LogP contribution in [0.5, 0.6) is 0 Å². The van der Waals surface area contributed by atoms with Crippen molar-refractivity contribution in [3.63, 3.8) is 0 Å². The average molecular weight is 320 g/mol. The standard InChI is InChI=1S/C17H28N4O2/c1-13-3-4-15(9-14(13)2)19-16-10-18-21(11-16)12-17(22)20-5-7-23-8-6-20/h10-11,13-15,19H,3-9,12H2,1-2H3/t13-,14+,15+/m1/s1. The van der Waals surface area contributed by atoms with Crippen molar-refractivity contribution in [2.45, 2.75) is 45.7 Å². The number of amides is 1.